The van der Waals surface area contributed by atoms with Crippen LogP contribution in [0.5, 0.6) is 5.75 Å². The first-order valence-electron chi connectivity index (χ1n) is 7.16. The van der Waals surface area contributed by atoms with E-state index >= 15 is 0 Å². The maximum atomic E-state index is 10.8. The summed E-state index contributed by atoms with van der Waals surface area (Å²) in [4.78, 5) is 10.3. The van der Waals surface area contributed by atoms with Gasteiger partial charge in [-0.1, -0.05) is 20.8 Å². The molecule has 0 aromatic heterocycles. The zero-order valence-electron chi connectivity index (χ0n) is 12.6. The van der Waals surface area contributed by atoms with Crippen LogP contribution in [-0.2, 0) is 0 Å². The molecule has 0 bridgehead atoms. The molecule has 2 rings (SSSR count). The summed E-state index contributed by atoms with van der Waals surface area (Å²) >= 11 is 0. The van der Waals surface area contributed by atoms with Crippen LogP contribution < -0.4 is 4.74 Å². The lowest BCUT2D eigenvalue weighted by Gasteiger charge is -2.38. The third-order valence-corrected chi connectivity index (χ3v) is 3.93. The zero-order valence-corrected chi connectivity index (χ0v) is 12.6. The maximum absolute atomic E-state index is 10.8. The fraction of sp³-hybridized carbons (Fsp3) is 0.562. The number of ether oxygens (including phenoxy) is 1. The fourth-order valence-electron chi connectivity index (χ4n) is 3.35. The summed E-state index contributed by atoms with van der Waals surface area (Å²) in [6.07, 6.45) is 3.10. The van der Waals surface area contributed by atoms with Gasteiger partial charge in [0.25, 0.3) is 5.69 Å². The Morgan fingerprint density at radius 1 is 1.43 bits per heavy atom. The molecule has 2 unspecified atom stereocenters. The molecule has 2 atom stereocenters. The fourth-order valence-corrected chi connectivity index (χ4v) is 3.35. The van der Waals surface area contributed by atoms with Crippen molar-refractivity contribution in [3.8, 4) is 11.8 Å². The lowest BCUT2D eigenvalue weighted by Crippen LogP contribution is -2.34. The quantitative estimate of drug-likeness (QED) is 0.620. The second-order valence-electron chi connectivity index (χ2n) is 6.70. The van der Waals surface area contributed by atoms with Gasteiger partial charge in [-0.3, -0.25) is 10.1 Å². The molecule has 1 aromatic carbocycles. The molecule has 1 aliphatic rings. The second-order valence-corrected chi connectivity index (χ2v) is 6.70. The van der Waals surface area contributed by atoms with E-state index in [0.717, 1.165) is 19.3 Å². The second kappa shape index (κ2) is 5.72. The molecule has 1 aliphatic carbocycles. The highest BCUT2D eigenvalue weighted by Gasteiger charge is 2.33. The smallest absolute Gasteiger partial charge is 0.271 e. The van der Waals surface area contributed by atoms with Crippen molar-refractivity contribution in [3.63, 3.8) is 0 Å². The third-order valence-electron chi connectivity index (χ3n) is 3.93. The number of benzene rings is 1. The highest BCUT2D eigenvalue weighted by Crippen LogP contribution is 2.40. The zero-order chi connectivity index (χ0) is 15.6. The molecule has 112 valence electrons. The van der Waals surface area contributed by atoms with Crippen LogP contribution in [-0.4, -0.2) is 11.0 Å². The van der Waals surface area contributed by atoms with E-state index in [1.54, 1.807) is 0 Å². The van der Waals surface area contributed by atoms with Crippen LogP contribution in [0.15, 0.2) is 18.2 Å². The standard InChI is InChI=1S/C16H20N2O3/c1-11-6-14(9-16(2,3)8-11)21-15-5-4-13(18(19)20)7-12(15)10-17/h4-5,7,11,14H,6,8-9H2,1-3H3. The molecule has 0 N–H and O–H groups in total. The molecule has 5 heteroatoms. The highest BCUT2D eigenvalue weighted by atomic mass is 16.6. The average molecular weight is 288 g/mol. The van der Waals surface area contributed by atoms with E-state index in [1.807, 2.05) is 6.07 Å². The van der Waals surface area contributed by atoms with Crippen LogP contribution in [0.2, 0.25) is 0 Å². The number of hydrogen-bond donors (Lipinski definition) is 0. The van der Waals surface area contributed by atoms with Crippen LogP contribution >= 0.6 is 0 Å². The van der Waals surface area contributed by atoms with Gasteiger partial charge in [0.15, 0.2) is 0 Å². The van der Waals surface area contributed by atoms with Crippen LogP contribution in [0.4, 0.5) is 5.69 Å². The van der Waals surface area contributed by atoms with Crippen LogP contribution in [0.1, 0.15) is 45.6 Å². The predicted molar refractivity (Wildman–Crippen MR) is 79.0 cm³/mol. The molecule has 1 saturated carbocycles. The van der Waals surface area contributed by atoms with E-state index in [2.05, 4.69) is 20.8 Å². The Labute approximate surface area is 124 Å². The van der Waals surface area contributed by atoms with Crippen molar-refractivity contribution >= 4 is 5.69 Å². The van der Waals surface area contributed by atoms with Gasteiger partial charge in [-0.15, -0.1) is 0 Å². The van der Waals surface area contributed by atoms with E-state index < -0.39 is 4.92 Å². The topological polar surface area (TPSA) is 76.2 Å². The Morgan fingerprint density at radius 2 is 2.14 bits per heavy atom. The van der Waals surface area contributed by atoms with Gasteiger partial charge in [-0.25, -0.2) is 0 Å². The summed E-state index contributed by atoms with van der Waals surface area (Å²) < 4.78 is 5.97. The largest absolute Gasteiger partial charge is 0.489 e. The predicted octanol–water partition coefficient (Wildman–Crippen LogP) is 4.06. The lowest BCUT2D eigenvalue weighted by atomic mass is 9.71. The number of non-ortho nitro benzene ring substituents is 1. The number of nitriles is 1. The van der Waals surface area contributed by atoms with Gasteiger partial charge in [0.2, 0.25) is 0 Å². The van der Waals surface area contributed by atoms with Gasteiger partial charge in [0, 0.05) is 12.1 Å². The summed E-state index contributed by atoms with van der Waals surface area (Å²) in [6.45, 7) is 6.65. The van der Waals surface area contributed by atoms with Crippen LogP contribution in [0.3, 0.4) is 0 Å². The molecular formula is C16H20N2O3. The van der Waals surface area contributed by atoms with E-state index in [-0.39, 0.29) is 22.8 Å². The van der Waals surface area contributed by atoms with Gasteiger partial charge in [0.05, 0.1) is 11.0 Å². The normalized spacial score (nSPS) is 24.1. The summed E-state index contributed by atoms with van der Waals surface area (Å²) in [5.41, 5.74) is 0.354. The monoisotopic (exact) mass is 288 g/mol. The van der Waals surface area contributed by atoms with Crippen molar-refractivity contribution < 1.29 is 9.66 Å². The third kappa shape index (κ3) is 3.72. The average Bonchev–Trinajstić information content (AvgIpc) is 2.36. The van der Waals surface area contributed by atoms with Crippen molar-refractivity contribution in [3.05, 3.63) is 33.9 Å². The Kier molecular flexibility index (Phi) is 4.17. The Balaban J connectivity index is 2.20. The van der Waals surface area contributed by atoms with Gasteiger partial charge in [0.1, 0.15) is 17.4 Å². The van der Waals surface area contributed by atoms with Crippen molar-refractivity contribution in [2.24, 2.45) is 11.3 Å². The molecule has 0 spiro atoms. The van der Waals surface area contributed by atoms with Gasteiger partial charge >= 0.3 is 0 Å². The Bertz CT molecular complexity index is 590. The van der Waals surface area contributed by atoms with Crippen LogP contribution in [0.25, 0.3) is 0 Å². The molecule has 0 amide bonds. The molecule has 0 saturated heterocycles. The van der Waals surface area contributed by atoms with Gasteiger partial charge < -0.3 is 4.74 Å². The van der Waals surface area contributed by atoms with Crippen molar-refractivity contribution in [1.82, 2.24) is 0 Å². The van der Waals surface area contributed by atoms with Crippen molar-refractivity contribution in [2.75, 3.05) is 0 Å². The van der Waals surface area contributed by atoms with E-state index in [9.17, 15) is 10.1 Å². The summed E-state index contributed by atoms with van der Waals surface area (Å²) in [6, 6.07) is 6.17. The summed E-state index contributed by atoms with van der Waals surface area (Å²) in [5.74, 6) is 1.01. The number of nitro groups is 1. The number of hydrogen-bond acceptors (Lipinski definition) is 4. The van der Waals surface area contributed by atoms with Gasteiger partial charge in [-0.2, -0.15) is 5.26 Å². The first kappa shape index (κ1) is 15.3. The summed E-state index contributed by atoms with van der Waals surface area (Å²) in [5, 5.41) is 19.9. The van der Waals surface area contributed by atoms with Crippen molar-refractivity contribution in [1.29, 1.82) is 5.26 Å². The molecule has 0 aliphatic heterocycles. The number of rotatable bonds is 3. The lowest BCUT2D eigenvalue weighted by molar-refractivity contribution is -0.384. The van der Waals surface area contributed by atoms with E-state index in [1.165, 1.54) is 18.2 Å². The van der Waals surface area contributed by atoms with E-state index in [4.69, 9.17) is 10.00 Å². The maximum Gasteiger partial charge on any atom is 0.271 e. The first-order chi connectivity index (χ1) is 9.80. The first-order valence-corrected chi connectivity index (χ1v) is 7.16. The molecule has 1 fully saturated rings. The summed E-state index contributed by atoms with van der Waals surface area (Å²) in [7, 11) is 0. The Hall–Kier alpha value is -2.09. The molecule has 0 radical (unpaired) electrons. The number of nitrogens with zero attached hydrogens (tertiary/aromatic N) is 2. The Morgan fingerprint density at radius 3 is 2.71 bits per heavy atom. The van der Waals surface area contributed by atoms with E-state index in [0.29, 0.717) is 11.7 Å². The highest BCUT2D eigenvalue weighted by molar-refractivity contribution is 5.50. The minimum absolute atomic E-state index is 0.0531. The van der Waals surface area contributed by atoms with Crippen molar-refractivity contribution in [2.45, 2.75) is 46.1 Å². The number of nitro benzene ring substituents is 1. The molecule has 21 heavy (non-hydrogen) atoms. The molecular weight excluding hydrogens is 268 g/mol. The van der Waals surface area contributed by atoms with Crippen LogP contribution in [0, 0.1) is 32.8 Å². The minimum Gasteiger partial charge on any atom is -0.489 e. The minimum atomic E-state index is -0.504. The molecule has 1 aromatic rings. The van der Waals surface area contributed by atoms with Gasteiger partial charge in [-0.05, 0) is 36.7 Å². The molecule has 5 nitrogen and oxygen atoms in total. The molecule has 0 heterocycles. The SMILES string of the molecule is CC1CC(Oc2ccc([N+](=O)[O-])cc2C#N)CC(C)(C)C1.